The fraction of sp³-hybridized carbons (Fsp3) is 0.158. The summed E-state index contributed by atoms with van der Waals surface area (Å²) in [5.74, 6) is -2.13. The molecule has 3 aromatic rings. The number of nitrogens with one attached hydrogen (secondary N) is 1. The van der Waals surface area contributed by atoms with Gasteiger partial charge in [-0.2, -0.15) is 5.10 Å². The number of para-hydroxylation sites is 1. The van der Waals surface area contributed by atoms with Gasteiger partial charge in [-0.3, -0.25) is 14.9 Å². The molecule has 9 heteroatoms. The van der Waals surface area contributed by atoms with E-state index in [0.29, 0.717) is 17.1 Å². The second-order valence-corrected chi connectivity index (χ2v) is 6.31. The van der Waals surface area contributed by atoms with Crippen LogP contribution in [0.5, 0.6) is 0 Å². The Hall–Kier alpha value is -3.39. The predicted octanol–water partition coefficient (Wildman–Crippen LogP) is 2.29. The van der Waals surface area contributed by atoms with Gasteiger partial charge in [0, 0.05) is 13.2 Å². The van der Waals surface area contributed by atoms with Crippen molar-refractivity contribution in [1.82, 2.24) is 19.7 Å². The molecule has 1 aromatic carbocycles. The highest BCUT2D eigenvalue weighted by atomic mass is 35.5. The zero-order valence-corrected chi connectivity index (χ0v) is 15.9. The van der Waals surface area contributed by atoms with Gasteiger partial charge in [-0.05, 0) is 31.2 Å². The molecule has 0 aliphatic heterocycles. The predicted molar refractivity (Wildman–Crippen MR) is 101 cm³/mol. The SMILES string of the molecule is Cc1nn(-c2ccccc2)c(Cl)c1C(=O)OCC(=O)NC(=O)c1cccn1C. The van der Waals surface area contributed by atoms with E-state index in [1.807, 2.05) is 18.2 Å². The first-order valence-corrected chi connectivity index (χ1v) is 8.69. The van der Waals surface area contributed by atoms with Gasteiger partial charge in [-0.1, -0.05) is 29.8 Å². The lowest BCUT2D eigenvalue weighted by atomic mass is 10.2. The van der Waals surface area contributed by atoms with Crippen molar-refractivity contribution in [1.29, 1.82) is 0 Å². The first-order chi connectivity index (χ1) is 13.4. The Morgan fingerprint density at radius 1 is 1.14 bits per heavy atom. The lowest BCUT2D eigenvalue weighted by molar-refractivity contribution is -0.123. The van der Waals surface area contributed by atoms with Gasteiger partial charge in [-0.15, -0.1) is 0 Å². The van der Waals surface area contributed by atoms with Crippen molar-refractivity contribution in [2.45, 2.75) is 6.92 Å². The third-order valence-corrected chi connectivity index (χ3v) is 4.32. The van der Waals surface area contributed by atoms with Crippen LogP contribution in [0.4, 0.5) is 0 Å². The van der Waals surface area contributed by atoms with Gasteiger partial charge in [0.05, 0.1) is 11.4 Å². The number of aryl methyl sites for hydroxylation is 2. The number of hydrogen-bond donors (Lipinski definition) is 1. The third kappa shape index (κ3) is 3.96. The Balaban J connectivity index is 1.65. The maximum Gasteiger partial charge on any atom is 0.343 e. The Morgan fingerprint density at radius 2 is 1.86 bits per heavy atom. The summed E-state index contributed by atoms with van der Waals surface area (Å²) in [5, 5.41) is 6.49. The van der Waals surface area contributed by atoms with Crippen molar-refractivity contribution in [3.63, 3.8) is 0 Å². The van der Waals surface area contributed by atoms with E-state index >= 15 is 0 Å². The highest BCUT2D eigenvalue weighted by Crippen LogP contribution is 2.24. The molecule has 0 fully saturated rings. The van der Waals surface area contributed by atoms with E-state index in [-0.39, 0.29) is 10.7 Å². The smallest absolute Gasteiger partial charge is 0.343 e. The van der Waals surface area contributed by atoms with Crippen LogP contribution in [0.15, 0.2) is 48.7 Å². The molecule has 8 nitrogen and oxygen atoms in total. The van der Waals surface area contributed by atoms with Crippen LogP contribution in [0, 0.1) is 6.92 Å². The van der Waals surface area contributed by atoms with Gasteiger partial charge in [-0.25, -0.2) is 9.48 Å². The van der Waals surface area contributed by atoms with Crippen LogP contribution in [0.1, 0.15) is 26.5 Å². The second-order valence-electron chi connectivity index (χ2n) is 5.96. The molecule has 2 aromatic heterocycles. The molecule has 0 bridgehead atoms. The van der Waals surface area contributed by atoms with E-state index in [1.54, 1.807) is 49.0 Å². The second kappa shape index (κ2) is 8.10. The molecule has 0 saturated heterocycles. The molecule has 144 valence electrons. The molecule has 0 unspecified atom stereocenters. The zero-order chi connectivity index (χ0) is 20.3. The summed E-state index contributed by atoms with van der Waals surface area (Å²) in [4.78, 5) is 36.3. The van der Waals surface area contributed by atoms with Crippen LogP contribution in [-0.2, 0) is 16.6 Å². The monoisotopic (exact) mass is 400 g/mol. The summed E-state index contributed by atoms with van der Waals surface area (Å²) in [6, 6.07) is 12.3. The summed E-state index contributed by atoms with van der Waals surface area (Å²) in [5.41, 5.74) is 1.41. The van der Waals surface area contributed by atoms with E-state index in [2.05, 4.69) is 10.4 Å². The number of esters is 1. The van der Waals surface area contributed by atoms with Gasteiger partial charge in [0.2, 0.25) is 0 Å². The van der Waals surface area contributed by atoms with Gasteiger partial charge in [0.1, 0.15) is 16.4 Å². The van der Waals surface area contributed by atoms with Crippen LogP contribution in [-0.4, -0.2) is 38.7 Å². The van der Waals surface area contributed by atoms with E-state index in [1.165, 1.54) is 4.68 Å². The number of nitrogens with zero attached hydrogens (tertiary/aromatic N) is 3. The van der Waals surface area contributed by atoms with E-state index in [9.17, 15) is 14.4 Å². The molecular weight excluding hydrogens is 384 g/mol. The number of benzene rings is 1. The van der Waals surface area contributed by atoms with Crippen molar-refractivity contribution in [2.75, 3.05) is 6.61 Å². The van der Waals surface area contributed by atoms with E-state index < -0.39 is 24.4 Å². The highest BCUT2D eigenvalue weighted by molar-refractivity contribution is 6.33. The van der Waals surface area contributed by atoms with Crippen molar-refractivity contribution in [3.8, 4) is 5.69 Å². The zero-order valence-electron chi connectivity index (χ0n) is 15.2. The number of rotatable bonds is 5. The molecule has 0 saturated carbocycles. The van der Waals surface area contributed by atoms with Crippen molar-refractivity contribution >= 4 is 29.4 Å². The number of hydrogen-bond acceptors (Lipinski definition) is 5. The first kappa shape index (κ1) is 19.4. The topological polar surface area (TPSA) is 95.2 Å². The van der Waals surface area contributed by atoms with Crippen molar-refractivity contribution < 1.29 is 19.1 Å². The van der Waals surface area contributed by atoms with Crippen LogP contribution in [0.2, 0.25) is 5.15 Å². The van der Waals surface area contributed by atoms with Gasteiger partial charge in [0.15, 0.2) is 6.61 Å². The fourth-order valence-corrected chi connectivity index (χ4v) is 2.95. The summed E-state index contributed by atoms with van der Waals surface area (Å²) in [6.07, 6.45) is 1.68. The number of halogens is 1. The molecule has 28 heavy (non-hydrogen) atoms. The molecule has 3 rings (SSSR count). The summed E-state index contributed by atoms with van der Waals surface area (Å²) < 4.78 is 7.98. The first-order valence-electron chi connectivity index (χ1n) is 8.31. The Labute approximate surface area is 165 Å². The highest BCUT2D eigenvalue weighted by Gasteiger charge is 2.23. The number of imide groups is 1. The van der Waals surface area contributed by atoms with Gasteiger partial charge >= 0.3 is 5.97 Å². The Bertz CT molecular complexity index is 1040. The molecule has 0 atom stereocenters. The quantitative estimate of drug-likeness (QED) is 0.663. The van der Waals surface area contributed by atoms with E-state index in [4.69, 9.17) is 16.3 Å². The van der Waals surface area contributed by atoms with Crippen LogP contribution >= 0.6 is 11.6 Å². The maximum atomic E-state index is 12.4. The minimum Gasteiger partial charge on any atom is -0.452 e. The minimum atomic E-state index is -0.800. The standard InChI is InChI=1S/C19H17ClN4O4/c1-12-16(17(20)24(22-12)13-7-4-3-5-8-13)19(27)28-11-15(25)21-18(26)14-9-6-10-23(14)2/h3-10H,11H2,1-2H3,(H,21,25,26). The molecule has 2 heterocycles. The molecule has 0 spiro atoms. The Morgan fingerprint density at radius 3 is 2.50 bits per heavy atom. The molecular formula is C19H17ClN4O4. The molecule has 2 amide bonds. The van der Waals surface area contributed by atoms with Gasteiger partial charge < -0.3 is 9.30 Å². The Kier molecular flexibility index (Phi) is 5.60. The van der Waals surface area contributed by atoms with E-state index in [0.717, 1.165) is 0 Å². The molecule has 0 radical (unpaired) electrons. The third-order valence-electron chi connectivity index (χ3n) is 3.97. The summed E-state index contributed by atoms with van der Waals surface area (Å²) in [6.45, 7) is 0.988. The number of ether oxygens (including phenoxy) is 1. The van der Waals surface area contributed by atoms with Crippen molar-refractivity contribution in [2.24, 2.45) is 7.05 Å². The number of amides is 2. The van der Waals surface area contributed by atoms with Gasteiger partial charge in [0.25, 0.3) is 11.8 Å². The normalized spacial score (nSPS) is 10.5. The number of carbonyl (C=O) groups is 3. The average Bonchev–Trinajstić information content (AvgIpc) is 3.23. The lowest BCUT2D eigenvalue weighted by Gasteiger charge is -2.07. The number of carbonyl (C=O) groups excluding carboxylic acids is 3. The molecule has 0 aliphatic rings. The largest absolute Gasteiger partial charge is 0.452 e. The molecule has 0 aliphatic carbocycles. The van der Waals surface area contributed by atoms with Crippen LogP contribution in [0.3, 0.4) is 0 Å². The average molecular weight is 401 g/mol. The maximum absolute atomic E-state index is 12.4. The lowest BCUT2D eigenvalue weighted by Crippen LogP contribution is -2.35. The van der Waals surface area contributed by atoms with Crippen molar-refractivity contribution in [3.05, 3.63) is 70.8 Å². The summed E-state index contributed by atoms with van der Waals surface area (Å²) >= 11 is 6.29. The fourth-order valence-electron chi connectivity index (χ4n) is 2.60. The molecule has 1 N–H and O–H groups in total. The van der Waals surface area contributed by atoms with Crippen LogP contribution < -0.4 is 5.32 Å². The minimum absolute atomic E-state index is 0.0621. The number of aromatic nitrogens is 3. The summed E-state index contributed by atoms with van der Waals surface area (Å²) in [7, 11) is 1.68. The van der Waals surface area contributed by atoms with Crippen LogP contribution in [0.25, 0.3) is 5.69 Å².